The van der Waals surface area contributed by atoms with Gasteiger partial charge in [-0.15, -0.1) is 0 Å². The Morgan fingerprint density at radius 1 is 1.33 bits per heavy atom. The van der Waals surface area contributed by atoms with Gasteiger partial charge in [-0.05, 0) is 39.8 Å². The first-order valence-corrected chi connectivity index (χ1v) is 6.26. The second-order valence-corrected chi connectivity index (χ2v) is 5.57. The molecule has 0 atom stereocenters. The van der Waals surface area contributed by atoms with Gasteiger partial charge in [0, 0.05) is 11.5 Å². The van der Waals surface area contributed by atoms with Gasteiger partial charge in [-0.25, -0.2) is 0 Å². The van der Waals surface area contributed by atoms with E-state index in [1.54, 1.807) is 0 Å². The van der Waals surface area contributed by atoms with E-state index in [1.165, 1.54) is 6.42 Å². The maximum Gasteiger partial charge on any atom is 0.0784 e. The Hall–Kier alpha value is -0.150. The van der Waals surface area contributed by atoms with Gasteiger partial charge >= 0.3 is 0 Å². The summed E-state index contributed by atoms with van der Waals surface area (Å²) in [5.41, 5.74) is 5.70. The molecule has 0 aromatic heterocycles. The lowest BCUT2D eigenvalue weighted by Crippen LogP contribution is -2.38. The van der Waals surface area contributed by atoms with Crippen molar-refractivity contribution in [2.75, 3.05) is 13.1 Å². The molecule has 0 aromatic rings. The quantitative estimate of drug-likeness (QED) is 0.682. The molecule has 0 aromatic carbocycles. The lowest BCUT2D eigenvalue weighted by molar-refractivity contribution is 0.201. The van der Waals surface area contributed by atoms with Crippen molar-refractivity contribution >= 4 is 17.2 Å². The van der Waals surface area contributed by atoms with E-state index in [-0.39, 0.29) is 5.41 Å². The molecule has 2 nitrogen and oxygen atoms in total. The Balaban J connectivity index is 4.15. The Bertz CT molecular complexity index is 200. The summed E-state index contributed by atoms with van der Waals surface area (Å²) in [7, 11) is 0. The highest BCUT2D eigenvalue weighted by Gasteiger charge is 2.22. The summed E-state index contributed by atoms with van der Waals surface area (Å²) in [5, 5.41) is 0. The predicted molar refractivity (Wildman–Crippen MR) is 72.2 cm³/mol. The lowest BCUT2D eigenvalue weighted by atomic mass is 9.89. The van der Waals surface area contributed by atoms with Crippen LogP contribution < -0.4 is 5.73 Å². The summed E-state index contributed by atoms with van der Waals surface area (Å²) in [6, 6.07) is 0.604. The highest BCUT2D eigenvalue weighted by atomic mass is 32.1. The fraction of sp³-hybridized carbons (Fsp3) is 0.917. The fourth-order valence-corrected chi connectivity index (χ4v) is 1.56. The van der Waals surface area contributed by atoms with Gasteiger partial charge in [-0.2, -0.15) is 0 Å². The van der Waals surface area contributed by atoms with Gasteiger partial charge in [-0.1, -0.05) is 33.0 Å². The SMILES string of the molecule is CCCN(CCC(C)(C)C(N)=S)C(C)C. The first-order chi connectivity index (χ1) is 6.81. The molecule has 0 heterocycles. The van der Waals surface area contributed by atoms with Crippen LogP contribution in [0.15, 0.2) is 0 Å². The van der Waals surface area contributed by atoms with Crippen LogP contribution in [0.3, 0.4) is 0 Å². The summed E-state index contributed by atoms with van der Waals surface area (Å²) >= 11 is 5.07. The van der Waals surface area contributed by atoms with E-state index in [0.29, 0.717) is 11.0 Å². The third-order valence-corrected chi connectivity index (χ3v) is 3.48. The second-order valence-electron chi connectivity index (χ2n) is 5.13. The smallest absolute Gasteiger partial charge is 0.0784 e. The predicted octanol–water partition coefficient (Wildman–Crippen LogP) is 2.81. The summed E-state index contributed by atoms with van der Waals surface area (Å²) in [6.45, 7) is 13.2. The average molecular weight is 230 g/mol. The fourth-order valence-electron chi connectivity index (χ4n) is 1.46. The van der Waals surface area contributed by atoms with Gasteiger partial charge in [0.15, 0.2) is 0 Å². The first-order valence-electron chi connectivity index (χ1n) is 5.85. The standard InChI is InChI=1S/C12H26N2S/c1-6-8-14(10(2)3)9-7-12(4,5)11(13)15/h10H,6-9H2,1-5H3,(H2,13,15). The second kappa shape index (κ2) is 6.44. The number of hydrogen-bond donors (Lipinski definition) is 1. The largest absolute Gasteiger partial charge is 0.393 e. The summed E-state index contributed by atoms with van der Waals surface area (Å²) in [4.78, 5) is 3.11. The Labute approximate surface area is 100 Å². The molecule has 0 radical (unpaired) electrons. The number of nitrogens with zero attached hydrogens (tertiary/aromatic N) is 1. The van der Waals surface area contributed by atoms with Gasteiger partial charge in [0.2, 0.25) is 0 Å². The molecule has 0 fully saturated rings. The van der Waals surface area contributed by atoms with E-state index in [1.807, 2.05) is 0 Å². The van der Waals surface area contributed by atoms with Gasteiger partial charge in [0.1, 0.15) is 0 Å². The minimum absolute atomic E-state index is 0.0176. The molecule has 0 aliphatic heterocycles. The van der Waals surface area contributed by atoms with Crippen molar-refractivity contribution < 1.29 is 0 Å². The molecule has 90 valence electrons. The molecular weight excluding hydrogens is 204 g/mol. The zero-order valence-corrected chi connectivity index (χ0v) is 11.7. The van der Waals surface area contributed by atoms with Crippen LogP contribution in [-0.2, 0) is 0 Å². The topological polar surface area (TPSA) is 29.3 Å². The van der Waals surface area contributed by atoms with Crippen molar-refractivity contribution in [3.05, 3.63) is 0 Å². The van der Waals surface area contributed by atoms with Crippen molar-refractivity contribution in [1.29, 1.82) is 0 Å². The van der Waals surface area contributed by atoms with Crippen molar-refractivity contribution in [2.45, 2.75) is 53.5 Å². The Morgan fingerprint density at radius 2 is 1.87 bits per heavy atom. The molecule has 0 amide bonds. The van der Waals surface area contributed by atoms with E-state index in [4.69, 9.17) is 18.0 Å². The highest BCUT2D eigenvalue weighted by molar-refractivity contribution is 7.80. The molecule has 0 saturated carbocycles. The molecule has 0 saturated heterocycles. The zero-order chi connectivity index (χ0) is 12.1. The highest BCUT2D eigenvalue weighted by Crippen LogP contribution is 2.21. The molecule has 15 heavy (non-hydrogen) atoms. The minimum Gasteiger partial charge on any atom is -0.393 e. The third kappa shape index (κ3) is 5.47. The Kier molecular flexibility index (Phi) is 6.37. The number of thiocarbonyl (C=S) groups is 1. The van der Waals surface area contributed by atoms with E-state index < -0.39 is 0 Å². The van der Waals surface area contributed by atoms with Crippen LogP contribution in [0.2, 0.25) is 0 Å². The maximum atomic E-state index is 5.72. The maximum absolute atomic E-state index is 5.72. The molecule has 0 aliphatic rings. The van der Waals surface area contributed by atoms with Crippen LogP contribution in [-0.4, -0.2) is 29.0 Å². The molecule has 0 unspecified atom stereocenters. The summed E-state index contributed by atoms with van der Waals surface area (Å²) in [5.74, 6) is 0. The van der Waals surface area contributed by atoms with Crippen molar-refractivity contribution in [1.82, 2.24) is 4.90 Å². The molecular formula is C12H26N2S. The Morgan fingerprint density at radius 3 is 2.20 bits per heavy atom. The van der Waals surface area contributed by atoms with Crippen LogP contribution in [0, 0.1) is 5.41 Å². The molecule has 0 bridgehead atoms. The molecule has 0 spiro atoms. The molecule has 0 aliphatic carbocycles. The van der Waals surface area contributed by atoms with Gasteiger partial charge in [0.25, 0.3) is 0 Å². The normalized spacial score (nSPS) is 12.5. The van der Waals surface area contributed by atoms with E-state index in [2.05, 4.69) is 39.5 Å². The van der Waals surface area contributed by atoms with E-state index in [9.17, 15) is 0 Å². The van der Waals surface area contributed by atoms with Crippen LogP contribution in [0.5, 0.6) is 0 Å². The van der Waals surface area contributed by atoms with Gasteiger partial charge in [0.05, 0.1) is 4.99 Å². The molecule has 0 rings (SSSR count). The molecule has 3 heteroatoms. The summed E-state index contributed by atoms with van der Waals surface area (Å²) in [6.07, 6.45) is 2.24. The van der Waals surface area contributed by atoms with Crippen LogP contribution in [0.25, 0.3) is 0 Å². The zero-order valence-electron chi connectivity index (χ0n) is 10.8. The number of hydrogen-bond acceptors (Lipinski definition) is 2. The van der Waals surface area contributed by atoms with Crippen molar-refractivity contribution in [3.8, 4) is 0 Å². The number of rotatable bonds is 7. The molecule has 2 N–H and O–H groups in total. The van der Waals surface area contributed by atoms with E-state index in [0.717, 1.165) is 19.5 Å². The first kappa shape index (κ1) is 14.8. The van der Waals surface area contributed by atoms with Crippen molar-refractivity contribution in [2.24, 2.45) is 11.1 Å². The van der Waals surface area contributed by atoms with Crippen molar-refractivity contribution in [3.63, 3.8) is 0 Å². The average Bonchev–Trinajstić information content (AvgIpc) is 2.11. The van der Waals surface area contributed by atoms with Crippen LogP contribution in [0.4, 0.5) is 0 Å². The van der Waals surface area contributed by atoms with Crippen LogP contribution in [0.1, 0.15) is 47.5 Å². The lowest BCUT2D eigenvalue weighted by Gasteiger charge is -2.30. The third-order valence-electron chi connectivity index (χ3n) is 2.93. The monoisotopic (exact) mass is 230 g/mol. The van der Waals surface area contributed by atoms with Gasteiger partial charge < -0.3 is 10.6 Å². The van der Waals surface area contributed by atoms with Gasteiger partial charge in [-0.3, -0.25) is 0 Å². The number of nitrogens with two attached hydrogens (primary N) is 1. The van der Waals surface area contributed by atoms with Crippen LogP contribution >= 0.6 is 12.2 Å². The van der Waals surface area contributed by atoms with E-state index >= 15 is 0 Å². The summed E-state index contributed by atoms with van der Waals surface area (Å²) < 4.78 is 0. The minimum atomic E-state index is -0.0176.